The molecule has 0 aromatic heterocycles. The van der Waals surface area contributed by atoms with E-state index in [2.05, 4.69) is 25.2 Å². The van der Waals surface area contributed by atoms with Crippen LogP contribution in [0.5, 0.6) is 11.5 Å². The highest BCUT2D eigenvalue weighted by atomic mass is 16.5. The maximum atomic E-state index is 9.57. The topological polar surface area (TPSA) is 41.5 Å². The number of nitrogens with one attached hydrogen (secondary N) is 1. The second-order valence-corrected chi connectivity index (χ2v) is 6.90. The molecule has 0 fully saturated rings. The van der Waals surface area contributed by atoms with Gasteiger partial charge >= 0.3 is 0 Å². The Morgan fingerprint density at radius 1 is 1.00 bits per heavy atom. The predicted molar refractivity (Wildman–Crippen MR) is 101 cm³/mol. The molecule has 24 heavy (non-hydrogen) atoms. The number of hydrogen-bond donors (Lipinski definition) is 2. The average Bonchev–Trinajstić information content (AvgIpc) is 2.96. The summed E-state index contributed by atoms with van der Waals surface area (Å²) in [5.74, 6) is 2.36. The van der Waals surface area contributed by atoms with Crippen LogP contribution in [0.1, 0.15) is 78.1 Å². The lowest BCUT2D eigenvalue weighted by atomic mass is 9.94. The van der Waals surface area contributed by atoms with Crippen LogP contribution in [0.4, 0.5) is 5.69 Å². The smallest absolute Gasteiger partial charge is 0.194 e. The highest BCUT2D eigenvalue weighted by Crippen LogP contribution is 2.36. The number of phenolic OH excluding ortho intramolecular Hbond substituents is 1. The van der Waals surface area contributed by atoms with E-state index in [4.69, 9.17) is 4.74 Å². The first-order valence-corrected chi connectivity index (χ1v) is 9.72. The van der Waals surface area contributed by atoms with E-state index in [-0.39, 0.29) is 5.75 Å². The maximum Gasteiger partial charge on any atom is 0.194 e. The number of ether oxygens (including phenoxy) is 1. The van der Waals surface area contributed by atoms with E-state index in [0.29, 0.717) is 5.92 Å². The summed E-state index contributed by atoms with van der Waals surface area (Å²) in [5.41, 5.74) is 0.940. The highest BCUT2D eigenvalue weighted by Gasteiger charge is 2.18. The number of rotatable bonds is 11. The third-order valence-corrected chi connectivity index (χ3v) is 4.69. The minimum Gasteiger partial charge on any atom is -0.508 e. The SMILES string of the molecule is CCCCCCC(C=C1Nc2ccc(O)cc2O1)CCCCCC. The molecule has 3 nitrogen and oxygen atoms in total. The van der Waals surface area contributed by atoms with Gasteiger partial charge in [-0.05, 0) is 37.0 Å². The van der Waals surface area contributed by atoms with Gasteiger partial charge < -0.3 is 15.2 Å². The number of allylic oxidation sites excluding steroid dienone is 1. The zero-order valence-electron chi connectivity index (χ0n) is 15.3. The Morgan fingerprint density at radius 3 is 2.29 bits per heavy atom. The van der Waals surface area contributed by atoms with Crippen LogP contribution in [0.25, 0.3) is 0 Å². The molecular weight excluding hydrogens is 298 g/mol. The van der Waals surface area contributed by atoms with Crippen LogP contribution < -0.4 is 10.1 Å². The van der Waals surface area contributed by atoms with Gasteiger partial charge in [0, 0.05) is 6.07 Å². The van der Waals surface area contributed by atoms with Crippen LogP contribution in [0.3, 0.4) is 0 Å². The van der Waals surface area contributed by atoms with E-state index in [1.165, 1.54) is 64.2 Å². The number of anilines is 1. The van der Waals surface area contributed by atoms with Crippen molar-refractivity contribution in [3.8, 4) is 11.5 Å². The second-order valence-electron chi connectivity index (χ2n) is 6.90. The summed E-state index contributed by atoms with van der Waals surface area (Å²) in [7, 11) is 0. The Morgan fingerprint density at radius 2 is 1.67 bits per heavy atom. The fraction of sp³-hybridized carbons (Fsp3) is 0.619. The number of aromatic hydroxyl groups is 1. The van der Waals surface area contributed by atoms with Gasteiger partial charge in [-0.15, -0.1) is 0 Å². The molecule has 0 bridgehead atoms. The fourth-order valence-corrected chi connectivity index (χ4v) is 3.24. The van der Waals surface area contributed by atoms with Crippen LogP contribution in [0.2, 0.25) is 0 Å². The standard InChI is InChI=1S/C21H33NO2/c1-3-5-7-9-11-17(12-10-8-6-4-2)15-21-22-19-14-13-18(23)16-20(19)24-21/h13-17,22-23H,3-12H2,1-2H3. The Kier molecular flexibility index (Phi) is 8.00. The number of benzene rings is 1. The largest absolute Gasteiger partial charge is 0.508 e. The Hall–Kier alpha value is -1.64. The van der Waals surface area contributed by atoms with Gasteiger partial charge in [-0.1, -0.05) is 65.2 Å². The molecule has 2 N–H and O–H groups in total. The van der Waals surface area contributed by atoms with E-state index in [1.807, 2.05) is 6.07 Å². The van der Waals surface area contributed by atoms with Gasteiger partial charge in [0.2, 0.25) is 0 Å². The first-order valence-electron chi connectivity index (χ1n) is 9.72. The Balaban J connectivity index is 1.90. The average molecular weight is 332 g/mol. The molecule has 0 amide bonds. The van der Waals surface area contributed by atoms with Crippen molar-refractivity contribution >= 4 is 5.69 Å². The molecule has 0 unspecified atom stereocenters. The zero-order chi connectivity index (χ0) is 17.2. The van der Waals surface area contributed by atoms with Crippen molar-refractivity contribution < 1.29 is 9.84 Å². The molecule has 3 heteroatoms. The normalized spacial score (nSPS) is 14.7. The van der Waals surface area contributed by atoms with Gasteiger partial charge in [-0.2, -0.15) is 0 Å². The van der Waals surface area contributed by atoms with Crippen LogP contribution in [-0.2, 0) is 0 Å². The minimum atomic E-state index is 0.243. The van der Waals surface area contributed by atoms with Gasteiger partial charge in [0.25, 0.3) is 0 Å². The summed E-state index contributed by atoms with van der Waals surface area (Å²) < 4.78 is 5.86. The first kappa shape index (κ1) is 18.7. The molecule has 0 radical (unpaired) electrons. The van der Waals surface area contributed by atoms with E-state index in [9.17, 15) is 5.11 Å². The molecular formula is C21H33NO2. The van der Waals surface area contributed by atoms with Crippen LogP contribution in [0, 0.1) is 5.92 Å². The van der Waals surface area contributed by atoms with E-state index in [1.54, 1.807) is 12.1 Å². The van der Waals surface area contributed by atoms with Crippen molar-refractivity contribution in [3.05, 3.63) is 30.2 Å². The molecule has 1 aliphatic rings. The molecule has 1 aromatic carbocycles. The zero-order valence-corrected chi connectivity index (χ0v) is 15.3. The molecule has 134 valence electrons. The summed E-state index contributed by atoms with van der Waals surface area (Å²) in [6, 6.07) is 5.22. The lowest BCUT2D eigenvalue weighted by Crippen LogP contribution is -2.04. The van der Waals surface area contributed by atoms with Crippen molar-refractivity contribution in [2.45, 2.75) is 78.1 Å². The predicted octanol–water partition coefficient (Wildman–Crippen LogP) is 6.59. The highest BCUT2D eigenvalue weighted by molar-refractivity contribution is 5.65. The van der Waals surface area contributed by atoms with Gasteiger partial charge in [0.1, 0.15) is 5.75 Å². The summed E-state index contributed by atoms with van der Waals surface area (Å²) >= 11 is 0. The van der Waals surface area contributed by atoms with Crippen molar-refractivity contribution in [2.75, 3.05) is 5.32 Å². The summed E-state index contributed by atoms with van der Waals surface area (Å²) in [6.45, 7) is 4.51. The van der Waals surface area contributed by atoms with E-state index >= 15 is 0 Å². The fourth-order valence-electron chi connectivity index (χ4n) is 3.24. The van der Waals surface area contributed by atoms with Crippen LogP contribution >= 0.6 is 0 Å². The molecule has 1 aliphatic heterocycles. The number of hydrogen-bond acceptors (Lipinski definition) is 3. The van der Waals surface area contributed by atoms with Gasteiger partial charge in [0.05, 0.1) is 5.69 Å². The molecule has 0 saturated carbocycles. The third-order valence-electron chi connectivity index (χ3n) is 4.69. The third kappa shape index (κ3) is 6.10. The minimum absolute atomic E-state index is 0.243. The van der Waals surface area contributed by atoms with E-state index < -0.39 is 0 Å². The quantitative estimate of drug-likeness (QED) is 0.355. The maximum absolute atomic E-state index is 9.57. The molecule has 1 aromatic rings. The van der Waals surface area contributed by atoms with Crippen molar-refractivity contribution in [1.29, 1.82) is 0 Å². The van der Waals surface area contributed by atoms with Crippen LogP contribution in [-0.4, -0.2) is 5.11 Å². The van der Waals surface area contributed by atoms with Gasteiger partial charge in [0.15, 0.2) is 11.6 Å². The number of fused-ring (bicyclic) bond motifs is 1. The Labute approximate surface area is 147 Å². The molecule has 0 atom stereocenters. The number of phenols is 1. The summed E-state index contributed by atoms with van der Waals surface area (Å²) in [6.07, 6.45) is 15.2. The van der Waals surface area contributed by atoms with Crippen molar-refractivity contribution in [3.63, 3.8) is 0 Å². The number of unbranched alkanes of at least 4 members (excludes halogenated alkanes) is 6. The second kappa shape index (κ2) is 10.3. The van der Waals surface area contributed by atoms with E-state index in [0.717, 1.165) is 17.3 Å². The van der Waals surface area contributed by atoms with Gasteiger partial charge in [-0.3, -0.25) is 0 Å². The summed E-state index contributed by atoms with van der Waals surface area (Å²) in [4.78, 5) is 0. The molecule has 0 aliphatic carbocycles. The summed E-state index contributed by atoms with van der Waals surface area (Å²) in [5, 5.41) is 12.9. The monoisotopic (exact) mass is 331 g/mol. The molecule has 0 spiro atoms. The van der Waals surface area contributed by atoms with Crippen molar-refractivity contribution in [2.24, 2.45) is 5.92 Å². The van der Waals surface area contributed by atoms with Gasteiger partial charge in [-0.25, -0.2) is 0 Å². The van der Waals surface area contributed by atoms with Crippen LogP contribution in [0.15, 0.2) is 30.2 Å². The Bertz CT molecular complexity index is 513. The lowest BCUT2D eigenvalue weighted by molar-refractivity contribution is 0.421. The molecule has 1 heterocycles. The first-order chi connectivity index (χ1) is 11.7. The van der Waals surface area contributed by atoms with Crippen molar-refractivity contribution in [1.82, 2.24) is 0 Å². The lowest BCUT2D eigenvalue weighted by Gasteiger charge is -2.13. The molecule has 2 rings (SSSR count). The molecule has 0 saturated heterocycles.